The van der Waals surface area contributed by atoms with Gasteiger partial charge in [-0.2, -0.15) is 13.2 Å². The molecule has 1 amide bonds. The first-order chi connectivity index (χ1) is 17.1. The summed E-state index contributed by atoms with van der Waals surface area (Å²) in [7, 11) is 1.32. The zero-order chi connectivity index (χ0) is 26.2. The van der Waals surface area contributed by atoms with Crippen LogP contribution in [0, 0.1) is 0 Å². The Morgan fingerprint density at radius 3 is 2.64 bits per heavy atom. The van der Waals surface area contributed by atoms with E-state index in [4.69, 9.17) is 19.6 Å². The number of aromatic nitrogens is 2. The van der Waals surface area contributed by atoms with E-state index in [-0.39, 0.29) is 40.6 Å². The number of esters is 1. The first-order valence-corrected chi connectivity index (χ1v) is 11.4. The molecule has 0 unspecified atom stereocenters. The van der Waals surface area contributed by atoms with Crippen molar-refractivity contribution >= 4 is 22.8 Å². The van der Waals surface area contributed by atoms with Gasteiger partial charge in [0.25, 0.3) is 5.91 Å². The first kappa shape index (κ1) is 25.4. The molecule has 0 spiro atoms. The largest absolute Gasteiger partial charge is 0.494 e. The van der Waals surface area contributed by atoms with E-state index in [1.54, 1.807) is 19.9 Å². The maximum atomic E-state index is 13.4. The number of rotatable bonds is 6. The van der Waals surface area contributed by atoms with Gasteiger partial charge in [0.05, 0.1) is 19.8 Å². The number of alkyl halides is 3. The number of oxazole rings is 1. The van der Waals surface area contributed by atoms with Gasteiger partial charge < -0.3 is 24.5 Å². The van der Waals surface area contributed by atoms with E-state index in [0.717, 1.165) is 6.07 Å². The lowest BCUT2D eigenvalue weighted by Crippen LogP contribution is -2.42. The molecule has 0 saturated carbocycles. The van der Waals surface area contributed by atoms with Crippen LogP contribution in [0.5, 0.6) is 5.75 Å². The summed E-state index contributed by atoms with van der Waals surface area (Å²) in [5.41, 5.74) is 5.17. The molecule has 0 bridgehead atoms. The number of hydrogen-bond acceptors (Lipinski definition) is 8. The van der Waals surface area contributed by atoms with E-state index < -0.39 is 35.8 Å². The van der Waals surface area contributed by atoms with Crippen LogP contribution in [0.15, 0.2) is 28.7 Å². The lowest BCUT2D eigenvalue weighted by Gasteiger charge is -2.22. The van der Waals surface area contributed by atoms with Crippen LogP contribution in [0.4, 0.5) is 13.2 Å². The van der Waals surface area contributed by atoms with Gasteiger partial charge in [0.2, 0.25) is 5.89 Å². The summed E-state index contributed by atoms with van der Waals surface area (Å²) in [4.78, 5) is 35.3. The highest BCUT2D eigenvalue weighted by atomic mass is 19.4. The molecule has 3 aromatic rings. The van der Waals surface area contributed by atoms with Crippen LogP contribution < -0.4 is 10.5 Å². The molecule has 4 rings (SSSR count). The number of ether oxygens (including phenoxy) is 2. The smallest absolute Gasteiger partial charge is 0.433 e. The molecule has 2 atom stereocenters. The molecule has 2 N–H and O–H groups in total. The number of likely N-dealkylation sites (tertiary alicyclic amines) is 1. The number of pyridine rings is 1. The number of nitrogens with zero attached hydrogens (tertiary/aromatic N) is 3. The Hall–Kier alpha value is -3.67. The number of amides is 1. The van der Waals surface area contributed by atoms with E-state index in [1.807, 2.05) is 0 Å². The van der Waals surface area contributed by atoms with Crippen LogP contribution in [-0.2, 0) is 15.7 Å². The molecule has 1 fully saturated rings. The first-order valence-electron chi connectivity index (χ1n) is 11.4. The van der Waals surface area contributed by atoms with Crippen molar-refractivity contribution in [2.75, 3.05) is 20.3 Å². The topological polar surface area (TPSA) is 121 Å². The fourth-order valence-corrected chi connectivity index (χ4v) is 4.24. The van der Waals surface area contributed by atoms with Crippen LogP contribution in [-0.4, -0.2) is 53.0 Å². The summed E-state index contributed by atoms with van der Waals surface area (Å²) in [6.45, 7) is 3.81. The van der Waals surface area contributed by atoms with Crippen molar-refractivity contribution in [1.29, 1.82) is 0 Å². The predicted octanol–water partition coefficient (Wildman–Crippen LogP) is 4.10. The van der Waals surface area contributed by atoms with Crippen molar-refractivity contribution in [2.45, 2.75) is 44.9 Å². The average Bonchev–Trinajstić information content (AvgIpc) is 3.50. The molecule has 0 aliphatic carbocycles. The third-order valence-corrected chi connectivity index (χ3v) is 5.90. The van der Waals surface area contributed by atoms with E-state index in [0.29, 0.717) is 24.9 Å². The van der Waals surface area contributed by atoms with Crippen LogP contribution in [0.2, 0.25) is 0 Å². The minimum atomic E-state index is -4.65. The molecule has 1 aliphatic heterocycles. The monoisotopic (exact) mass is 506 g/mol. The Labute approximate surface area is 204 Å². The van der Waals surface area contributed by atoms with E-state index in [2.05, 4.69) is 9.97 Å². The highest BCUT2D eigenvalue weighted by molar-refractivity contribution is 5.99. The third kappa shape index (κ3) is 4.60. The number of fused-ring (bicyclic) bond motifs is 1. The van der Waals surface area contributed by atoms with Crippen molar-refractivity contribution < 1.29 is 36.7 Å². The number of carbonyl (C=O) groups excluding carboxylic acids is 2. The van der Waals surface area contributed by atoms with Crippen LogP contribution in [0.3, 0.4) is 0 Å². The quantitative estimate of drug-likeness (QED) is 0.496. The Balaban J connectivity index is 1.80. The molecule has 1 aliphatic rings. The Kier molecular flexibility index (Phi) is 6.90. The number of hydrogen-bond donors (Lipinski definition) is 1. The second-order valence-corrected chi connectivity index (χ2v) is 8.33. The molecular weight excluding hydrogens is 481 g/mol. The lowest BCUT2D eigenvalue weighted by molar-refractivity contribution is -0.147. The predicted molar refractivity (Wildman–Crippen MR) is 122 cm³/mol. The van der Waals surface area contributed by atoms with E-state index >= 15 is 0 Å². The van der Waals surface area contributed by atoms with Gasteiger partial charge in [-0.25, -0.2) is 14.8 Å². The second-order valence-electron chi connectivity index (χ2n) is 8.33. The van der Waals surface area contributed by atoms with Gasteiger partial charge in [0.15, 0.2) is 11.5 Å². The van der Waals surface area contributed by atoms with Crippen molar-refractivity contribution in [1.82, 2.24) is 14.9 Å². The van der Waals surface area contributed by atoms with Gasteiger partial charge in [-0.3, -0.25) is 4.79 Å². The van der Waals surface area contributed by atoms with Gasteiger partial charge in [-0.15, -0.1) is 0 Å². The second kappa shape index (κ2) is 9.76. The molecular formula is C24H25F3N4O5. The lowest BCUT2D eigenvalue weighted by atomic mass is 10.1. The maximum absolute atomic E-state index is 13.4. The van der Waals surface area contributed by atoms with Crippen molar-refractivity contribution in [3.63, 3.8) is 0 Å². The number of methoxy groups -OCH3 is 1. The zero-order valence-electron chi connectivity index (χ0n) is 19.9. The normalized spacial score (nSPS) is 16.9. The van der Waals surface area contributed by atoms with Crippen molar-refractivity contribution in [3.8, 4) is 17.2 Å². The summed E-state index contributed by atoms with van der Waals surface area (Å²) in [5, 5.41) is 0.282. The third-order valence-electron chi connectivity index (χ3n) is 5.90. The fraction of sp³-hybridized carbons (Fsp3) is 0.417. The number of halogens is 3. The average molecular weight is 506 g/mol. The highest BCUT2D eigenvalue weighted by Gasteiger charge is 2.39. The SMILES string of the molecule is CCOC(=O)[C@H]1CCCN1C(=O)c1nc(-c2ccc(OC)c3nc(C(F)(F)F)ccc23)oc1[C@H](C)N. The van der Waals surface area contributed by atoms with Crippen molar-refractivity contribution in [3.05, 3.63) is 41.4 Å². The van der Waals surface area contributed by atoms with Gasteiger partial charge in [-0.1, -0.05) is 0 Å². The summed E-state index contributed by atoms with van der Waals surface area (Å²) in [6.07, 6.45) is -3.58. The molecule has 0 radical (unpaired) electrons. The van der Waals surface area contributed by atoms with Gasteiger partial charge in [0.1, 0.15) is 23.0 Å². The molecule has 36 heavy (non-hydrogen) atoms. The van der Waals surface area contributed by atoms with E-state index in [1.165, 1.54) is 24.1 Å². The number of carbonyl (C=O) groups is 2. The van der Waals surface area contributed by atoms with E-state index in [9.17, 15) is 22.8 Å². The summed E-state index contributed by atoms with van der Waals surface area (Å²) in [5.74, 6) is -0.838. The Morgan fingerprint density at radius 1 is 1.25 bits per heavy atom. The molecule has 192 valence electrons. The van der Waals surface area contributed by atoms with Crippen LogP contribution in [0.25, 0.3) is 22.4 Å². The summed E-state index contributed by atoms with van der Waals surface area (Å²) < 4.78 is 56.0. The number of benzene rings is 1. The Morgan fingerprint density at radius 2 is 2.00 bits per heavy atom. The van der Waals surface area contributed by atoms with Crippen LogP contribution in [0.1, 0.15) is 54.7 Å². The number of nitrogens with two attached hydrogens (primary N) is 1. The van der Waals surface area contributed by atoms with Crippen LogP contribution >= 0.6 is 0 Å². The zero-order valence-corrected chi connectivity index (χ0v) is 19.9. The minimum Gasteiger partial charge on any atom is -0.494 e. The maximum Gasteiger partial charge on any atom is 0.433 e. The highest BCUT2D eigenvalue weighted by Crippen LogP contribution is 2.37. The minimum absolute atomic E-state index is 0.0215. The van der Waals surface area contributed by atoms with Crippen molar-refractivity contribution in [2.24, 2.45) is 5.73 Å². The molecule has 1 saturated heterocycles. The molecule has 2 aromatic heterocycles. The molecule has 3 heterocycles. The molecule has 9 nitrogen and oxygen atoms in total. The standard InChI is InChI=1S/C24H25F3N4O5/c1-4-35-23(33)15-6-5-11-31(15)22(32)19-20(12(2)28)36-21(30-19)14-7-9-16(34-3)18-13(14)8-10-17(29-18)24(25,26)27/h7-10,12,15H,4-6,11,28H2,1-3H3/t12-,15+/m0/s1. The van der Waals surface area contributed by atoms with Gasteiger partial charge in [0, 0.05) is 17.5 Å². The van der Waals surface area contributed by atoms with Gasteiger partial charge >= 0.3 is 12.1 Å². The molecule has 1 aromatic carbocycles. The van der Waals surface area contributed by atoms with Gasteiger partial charge in [-0.05, 0) is 51.0 Å². The Bertz CT molecular complexity index is 1300. The fourth-order valence-electron chi connectivity index (χ4n) is 4.24. The summed E-state index contributed by atoms with van der Waals surface area (Å²) in [6, 6.07) is 3.62. The molecule has 12 heteroatoms. The summed E-state index contributed by atoms with van der Waals surface area (Å²) >= 11 is 0.